The standard InChI is InChI=1S/C9H14O3/c1-6-2-7(4-10)3-8(5-11)9(6)12/h3,6,10-12H,2,4-5H2,1H3. The number of aliphatic hydroxyl groups excluding tert-OH is 3. The van der Waals surface area contributed by atoms with Crippen LogP contribution in [0, 0.1) is 5.92 Å². The van der Waals surface area contributed by atoms with Gasteiger partial charge in [0.25, 0.3) is 0 Å². The van der Waals surface area contributed by atoms with E-state index in [1.807, 2.05) is 6.92 Å². The molecule has 1 unspecified atom stereocenters. The number of rotatable bonds is 2. The first-order chi connectivity index (χ1) is 5.69. The van der Waals surface area contributed by atoms with E-state index in [9.17, 15) is 5.11 Å². The van der Waals surface area contributed by atoms with Gasteiger partial charge >= 0.3 is 0 Å². The van der Waals surface area contributed by atoms with Crippen LogP contribution in [0.2, 0.25) is 0 Å². The van der Waals surface area contributed by atoms with Gasteiger partial charge in [-0.05, 0) is 12.0 Å². The summed E-state index contributed by atoms with van der Waals surface area (Å²) in [5.41, 5.74) is 1.39. The fourth-order valence-electron chi connectivity index (χ4n) is 1.42. The van der Waals surface area contributed by atoms with Gasteiger partial charge in [0.15, 0.2) is 0 Å². The monoisotopic (exact) mass is 170 g/mol. The molecule has 68 valence electrons. The minimum atomic E-state index is -0.167. The van der Waals surface area contributed by atoms with Crippen LogP contribution < -0.4 is 0 Å². The SMILES string of the molecule is CC1CC(CO)=CC(CO)=C1O. The maximum atomic E-state index is 9.44. The lowest BCUT2D eigenvalue weighted by molar-refractivity contribution is 0.278. The summed E-state index contributed by atoms with van der Waals surface area (Å²) in [5, 5.41) is 27.1. The van der Waals surface area contributed by atoms with Gasteiger partial charge in [-0.2, -0.15) is 0 Å². The third-order valence-electron chi connectivity index (χ3n) is 2.12. The highest BCUT2D eigenvalue weighted by atomic mass is 16.3. The lowest BCUT2D eigenvalue weighted by Gasteiger charge is -2.20. The summed E-state index contributed by atoms with van der Waals surface area (Å²) in [7, 11) is 0. The maximum absolute atomic E-state index is 9.44. The number of allylic oxidation sites excluding steroid dienone is 1. The van der Waals surface area contributed by atoms with E-state index in [-0.39, 0.29) is 24.9 Å². The summed E-state index contributed by atoms with van der Waals surface area (Å²) in [6, 6.07) is 0. The lowest BCUT2D eigenvalue weighted by Crippen LogP contribution is -2.12. The molecular formula is C9H14O3. The summed E-state index contributed by atoms with van der Waals surface area (Å²) in [5.74, 6) is 0.258. The van der Waals surface area contributed by atoms with Gasteiger partial charge in [0.05, 0.1) is 13.2 Å². The van der Waals surface area contributed by atoms with Crippen LogP contribution in [0.25, 0.3) is 0 Å². The summed E-state index contributed by atoms with van der Waals surface area (Å²) in [4.78, 5) is 0. The number of hydrogen-bond acceptors (Lipinski definition) is 3. The molecule has 0 heterocycles. The Bertz CT molecular complexity index is 228. The molecule has 3 N–H and O–H groups in total. The van der Waals surface area contributed by atoms with E-state index in [0.29, 0.717) is 12.0 Å². The van der Waals surface area contributed by atoms with Crippen LogP contribution in [0.3, 0.4) is 0 Å². The van der Waals surface area contributed by atoms with Crippen LogP contribution in [0.15, 0.2) is 23.0 Å². The van der Waals surface area contributed by atoms with Gasteiger partial charge in [-0.15, -0.1) is 0 Å². The molecule has 0 fully saturated rings. The predicted octanol–water partition coefficient (Wildman–Crippen LogP) is 0.749. The normalized spacial score (nSPS) is 24.2. The molecule has 0 aromatic carbocycles. The third-order valence-corrected chi connectivity index (χ3v) is 2.12. The summed E-state index contributed by atoms with van der Waals surface area (Å²) < 4.78 is 0. The largest absolute Gasteiger partial charge is 0.512 e. The molecule has 12 heavy (non-hydrogen) atoms. The van der Waals surface area contributed by atoms with E-state index in [0.717, 1.165) is 5.57 Å². The summed E-state index contributed by atoms with van der Waals surface area (Å²) >= 11 is 0. The van der Waals surface area contributed by atoms with Gasteiger partial charge in [0.1, 0.15) is 5.76 Å². The molecule has 1 atom stereocenters. The van der Waals surface area contributed by atoms with Crippen LogP contribution in [-0.4, -0.2) is 28.5 Å². The molecule has 0 bridgehead atoms. The van der Waals surface area contributed by atoms with Crippen molar-refractivity contribution in [1.29, 1.82) is 0 Å². The first kappa shape index (κ1) is 9.29. The van der Waals surface area contributed by atoms with E-state index in [2.05, 4.69) is 0 Å². The zero-order valence-electron chi connectivity index (χ0n) is 7.12. The maximum Gasteiger partial charge on any atom is 0.101 e. The topological polar surface area (TPSA) is 60.7 Å². The van der Waals surface area contributed by atoms with Gasteiger partial charge < -0.3 is 15.3 Å². The molecule has 1 aliphatic carbocycles. The van der Waals surface area contributed by atoms with Gasteiger partial charge in [0, 0.05) is 11.5 Å². The Hall–Kier alpha value is -0.800. The predicted molar refractivity (Wildman–Crippen MR) is 45.7 cm³/mol. The average Bonchev–Trinajstić information content (AvgIpc) is 2.09. The molecule has 0 aromatic heterocycles. The van der Waals surface area contributed by atoms with Crippen molar-refractivity contribution in [2.24, 2.45) is 5.92 Å². The molecule has 1 aliphatic rings. The Balaban J connectivity index is 2.90. The Morgan fingerprint density at radius 2 is 2.08 bits per heavy atom. The molecular weight excluding hydrogens is 156 g/mol. The number of aliphatic hydroxyl groups is 3. The second-order valence-electron chi connectivity index (χ2n) is 3.13. The second-order valence-corrected chi connectivity index (χ2v) is 3.13. The Morgan fingerprint density at radius 3 is 2.58 bits per heavy atom. The third kappa shape index (κ3) is 1.68. The molecule has 0 saturated carbocycles. The van der Waals surface area contributed by atoms with Crippen molar-refractivity contribution in [3.8, 4) is 0 Å². The van der Waals surface area contributed by atoms with Crippen molar-refractivity contribution in [3.63, 3.8) is 0 Å². The van der Waals surface area contributed by atoms with Gasteiger partial charge in [-0.1, -0.05) is 13.0 Å². The fourth-order valence-corrected chi connectivity index (χ4v) is 1.42. The van der Waals surface area contributed by atoms with Crippen molar-refractivity contribution in [3.05, 3.63) is 23.0 Å². The molecule has 0 aliphatic heterocycles. The smallest absolute Gasteiger partial charge is 0.101 e. The van der Waals surface area contributed by atoms with E-state index in [1.54, 1.807) is 6.08 Å². The van der Waals surface area contributed by atoms with Crippen LogP contribution in [0.1, 0.15) is 13.3 Å². The van der Waals surface area contributed by atoms with Gasteiger partial charge in [0.2, 0.25) is 0 Å². The van der Waals surface area contributed by atoms with Crippen molar-refractivity contribution >= 4 is 0 Å². The summed E-state index contributed by atoms with van der Waals surface area (Å²) in [6.07, 6.45) is 2.33. The van der Waals surface area contributed by atoms with Crippen molar-refractivity contribution in [2.75, 3.05) is 13.2 Å². The molecule has 3 nitrogen and oxygen atoms in total. The second kappa shape index (κ2) is 3.74. The quantitative estimate of drug-likeness (QED) is 0.573. The lowest BCUT2D eigenvalue weighted by atomic mass is 9.90. The molecule has 0 radical (unpaired) electrons. The van der Waals surface area contributed by atoms with Crippen LogP contribution >= 0.6 is 0 Å². The van der Waals surface area contributed by atoms with Gasteiger partial charge in [-0.25, -0.2) is 0 Å². The fraction of sp³-hybridized carbons (Fsp3) is 0.556. The Kier molecular flexibility index (Phi) is 2.89. The zero-order chi connectivity index (χ0) is 9.14. The first-order valence-corrected chi connectivity index (χ1v) is 4.02. The van der Waals surface area contributed by atoms with E-state index < -0.39 is 0 Å². The van der Waals surface area contributed by atoms with Crippen molar-refractivity contribution < 1.29 is 15.3 Å². The van der Waals surface area contributed by atoms with E-state index >= 15 is 0 Å². The molecule has 0 amide bonds. The van der Waals surface area contributed by atoms with Crippen LogP contribution in [0.4, 0.5) is 0 Å². The molecule has 0 saturated heterocycles. The minimum absolute atomic E-state index is 0.00111. The zero-order valence-corrected chi connectivity index (χ0v) is 7.12. The Labute approximate surface area is 71.7 Å². The van der Waals surface area contributed by atoms with Crippen LogP contribution in [0.5, 0.6) is 0 Å². The minimum Gasteiger partial charge on any atom is -0.512 e. The Morgan fingerprint density at radius 1 is 1.42 bits per heavy atom. The summed E-state index contributed by atoms with van der Waals surface area (Å²) in [6.45, 7) is 1.70. The molecule has 1 rings (SSSR count). The number of hydrogen-bond donors (Lipinski definition) is 3. The van der Waals surface area contributed by atoms with E-state index in [1.165, 1.54) is 0 Å². The molecule has 0 spiro atoms. The first-order valence-electron chi connectivity index (χ1n) is 4.02. The molecule has 3 heteroatoms. The van der Waals surface area contributed by atoms with Crippen molar-refractivity contribution in [2.45, 2.75) is 13.3 Å². The highest BCUT2D eigenvalue weighted by molar-refractivity contribution is 5.32. The van der Waals surface area contributed by atoms with E-state index in [4.69, 9.17) is 10.2 Å². The molecule has 0 aromatic rings. The highest BCUT2D eigenvalue weighted by Crippen LogP contribution is 2.26. The van der Waals surface area contributed by atoms with Gasteiger partial charge in [-0.3, -0.25) is 0 Å². The average molecular weight is 170 g/mol. The highest BCUT2D eigenvalue weighted by Gasteiger charge is 2.18. The van der Waals surface area contributed by atoms with Crippen molar-refractivity contribution in [1.82, 2.24) is 0 Å². The van der Waals surface area contributed by atoms with Crippen LogP contribution in [-0.2, 0) is 0 Å².